The van der Waals surface area contributed by atoms with E-state index in [1.165, 1.54) is 17.8 Å². The first-order valence-corrected chi connectivity index (χ1v) is 9.78. The lowest BCUT2D eigenvalue weighted by molar-refractivity contribution is 0.313. The highest BCUT2D eigenvalue weighted by atomic mass is 19.1. The van der Waals surface area contributed by atoms with E-state index in [9.17, 15) is 4.39 Å². The maximum absolute atomic E-state index is 13.0. The summed E-state index contributed by atoms with van der Waals surface area (Å²) in [5.74, 6) is 0.997. The van der Waals surface area contributed by atoms with E-state index in [1.54, 1.807) is 18.3 Å². The molecule has 7 heteroatoms. The van der Waals surface area contributed by atoms with Crippen LogP contribution in [-0.2, 0) is 6.54 Å². The van der Waals surface area contributed by atoms with Gasteiger partial charge in [0.2, 0.25) is 5.95 Å². The molecule has 0 aliphatic carbocycles. The van der Waals surface area contributed by atoms with Crippen molar-refractivity contribution in [3.8, 4) is 0 Å². The monoisotopic (exact) mass is 392 g/mol. The van der Waals surface area contributed by atoms with Gasteiger partial charge in [-0.15, -0.1) is 0 Å². The Morgan fingerprint density at radius 2 is 1.66 bits per heavy atom. The largest absolute Gasteiger partial charge is 0.369 e. The van der Waals surface area contributed by atoms with Crippen molar-refractivity contribution in [1.29, 1.82) is 0 Å². The predicted octanol–water partition coefficient (Wildman–Crippen LogP) is 3.72. The quantitative estimate of drug-likeness (QED) is 0.667. The second-order valence-electron chi connectivity index (χ2n) is 7.21. The molecule has 0 atom stereocenters. The fraction of sp³-hybridized carbons (Fsp3) is 0.273. The van der Waals surface area contributed by atoms with Gasteiger partial charge in [-0.2, -0.15) is 4.98 Å². The van der Waals surface area contributed by atoms with Crippen LogP contribution in [0.15, 0.2) is 60.8 Å². The van der Waals surface area contributed by atoms with Gasteiger partial charge in [-0.3, -0.25) is 0 Å². The molecule has 0 saturated carbocycles. The maximum Gasteiger partial charge on any atom is 0.224 e. The average molecular weight is 392 g/mol. The van der Waals surface area contributed by atoms with Crippen LogP contribution in [0.4, 0.5) is 27.5 Å². The fourth-order valence-corrected chi connectivity index (χ4v) is 3.26. The number of benzene rings is 2. The van der Waals surface area contributed by atoms with Crippen molar-refractivity contribution in [2.24, 2.45) is 0 Å². The fourth-order valence-electron chi connectivity index (χ4n) is 3.26. The normalized spacial score (nSPS) is 14.6. The number of nitrogens with zero attached hydrogens (tertiary/aromatic N) is 4. The van der Waals surface area contributed by atoms with Crippen LogP contribution in [0.3, 0.4) is 0 Å². The first-order valence-electron chi connectivity index (χ1n) is 9.78. The number of halogens is 1. The van der Waals surface area contributed by atoms with Gasteiger partial charge >= 0.3 is 0 Å². The van der Waals surface area contributed by atoms with E-state index >= 15 is 0 Å². The van der Waals surface area contributed by atoms with E-state index in [2.05, 4.69) is 61.7 Å². The Hall–Kier alpha value is -3.19. The lowest BCUT2D eigenvalue weighted by Crippen LogP contribution is -2.44. The van der Waals surface area contributed by atoms with Crippen LogP contribution in [0.2, 0.25) is 0 Å². The molecule has 0 amide bonds. The molecular formula is C22H25FN6. The summed E-state index contributed by atoms with van der Waals surface area (Å²) in [6.07, 6.45) is 1.71. The van der Waals surface area contributed by atoms with Crippen molar-refractivity contribution in [2.45, 2.75) is 6.54 Å². The highest BCUT2D eigenvalue weighted by Crippen LogP contribution is 2.21. The van der Waals surface area contributed by atoms with Crippen LogP contribution in [0, 0.1) is 5.82 Å². The third-order valence-corrected chi connectivity index (χ3v) is 5.03. The highest BCUT2D eigenvalue weighted by molar-refractivity contribution is 5.61. The molecule has 1 aliphatic rings. The van der Waals surface area contributed by atoms with Crippen molar-refractivity contribution >= 4 is 23.1 Å². The summed E-state index contributed by atoms with van der Waals surface area (Å²) in [6.45, 7) is 4.82. The number of hydrogen-bond acceptors (Lipinski definition) is 6. The number of hydrogen-bond donors (Lipinski definition) is 2. The average Bonchev–Trinajstić information content (AvgIpc) is 2.75. The lowest BCUT2D eigenvalue weighted by Gasteiger charge is -2.34. The Kier molecular flexibility index (Phi) is 5.86. The summed E-state index contributed by atoms with van der Waals surface area (Å²) in [5, 5.41) is 6.49. The van der Waals surface area contributed by atoms with Crippen molar-refractivity contribution in [3.63, 3.8) is 0 Å². The minimum absolute atomic E-state index is 0.241. The number of piperazine rings is 1. The summed E-state index contributed by atoms with van der Waals surface area (Å²) in [7, 11) is 2.16. The van der Waals surface area contributed by atoms with E-state index in [4.69, 9.17) is 0 Å². The molecule has 150 valence electrons. The van der Waals surface area contributed by atoms with E-state index in [0.717, 1.165) is 37.4 Å². The molecule has 2 heterocycles. The van der Waals surface area contributed by atoms with Crippen LogP contribution >= 0.6 is 0 Å². The third-order valence-electron chi connectivity index (χ3n) is 5.03. The van der Waals surface area contributed by atoms with Crippen molar-refractivity contribution in [1.82, 2.24) is 14.9 Å². The molecule has 1 fully saturated rings. The molecular weight excluding hydrogens is 367 g/mol. The maximum atomic E-state index is 13.0. The van der Waals surface area contributed by atoms with Crippen LogP contribution in [0.5, 0.6) is 0 Å². The Morgan fingerprint density at radius 3 is 2.38 bits per heavy atom. The third kappa shape index (κ3) is 5.20. The standard InChI is InChI=1S/C22H25FN6/c1-28-12-14-29(15-13-28)20-8-6-19(7-9-20)26-21-10-11-24-22(27-21)25-16-17-2-4-18(23)5-3-17/h2-11H,12-16H2,1H3,(H2,24,25,26,27). The lowest BCUT2D eigenvalue weighted by atomic mass is 10.2. The van der Waals surface area contributed by atoms with E-state index < -0.39 is 0 Å². The van der Waals surface area contributed by atoms with Crippen LogP contribution < -0.4 is 15.5 Å². The van der Waals surface area contributed by atoms with Crippen molar-refractivity contribution < 1.29 is 4.39 Å². The number of rotatable bonds is 6. The number of nitrogens with one attached hydrogen (secondary N) is 2. The van der Waals surface area contributed by atoms with Gasteiger partial charge in [-0.1, -0.05) is 12.1 Å². The number of aromatic nitrogens is 2. The summed E-state index contributed by atoms with van der Waals surface area (Å²) < 4.78 is 13.0. The molecule has 0 radical (unpaired) electrons. The van der Waals surface area contributed by atoms with Crippen molar-refractivity contribution in [2.75, 3.05) is 48.8 Å². The second-order valence-corrected chi connectivity index (χ2v) is 7.21. The first kappa shape index (κ1) is 19.1. The van der Waals surface area contributed by atoms with E-state index in [-0.39, 0.29) is 5.82 Å². The van der Waals surface area contributed by atoms with Gasteiger partial charge in [-0.05, 0) is 55.1 Å². The first-order chi connectivity index (χ1) is 14.2. The Bertz CT molecular complexity index is 921. The Balaban J connectivity index is 1.35. The van der Waals surface area contributed by atoms with Gasteiger partial charge < -0.3 is 20.4 Å². The summed E-state index contributed by atoms with van der Waals surface area (Å²) in [4.78, 5) is 13.5. The molecule has 2 N–H and O–H groups in total. The molecule has 4 rings (SSSR count). The number of anilines is 4. The van der Waals surface area contributed by atoms with Crippen molar-refractivity contribution in [3.05, 3.63) is 72.2 Å². The molecule has 1 aromatic heterocycles. The minimum Gasteiger partial charge on any atom is -0.369 e. The molecule has 3 aromatic rings. The van der Waals surface area contributed by atoms with Crippen LogP contribution in [-0.4, -0.2) is 48.1 Å². The van der Waals surface area contributed by atoms with Gasteiger partial charge in [-0.25, -0.2) is 9.37 Å². The summed E-state index contributed by atoms with van der Waals surface area (Å²) >= 11 is 0. The summed E-state index contributed by atoms with van der Waals surface area (Å²) in [5.41, 5.74) is 3.19. The van der Waals surface area contributed by atoms with Gasteiger partial charge in [0.05, 0.1) is 0 Å². The molecule has 6 nitrogen and oxygen atoms in total. The highest BCUT2D eigenvalue weighted by Gasteiger charge is 2.14. The zero-order valence-corrected chi connectivity index (χ0v) is 16.5. The second kappa shape index (κ2) is 8.87. The van der Waals surface area contributed by atoms with Gasteiger partial charge in [0.1, 0.15) is 11.6 Å². The zero-order chi connectivity index (χ0) is 20.1. The molecule has 2 aromatic carbocycles. The predicted molar refractivity (Wildman–Crippen MR) is 115 cm³/mol. The van der Waals surface area contributed by atoms with Crippen LogP contribution in [0.25, 0.3) is 0 Å². The van der Waals surface area contributed by atoms with Gasteiger partial charge in [0.25, 0.3) is 0 Å². The molecule has 1 aliphatic heterocycles. The van der Waals surface area contributed by atoms with Gasteiger partial charge in [0.15, 0.2) is 0 Å². The van der Waals surface area contributed by atoms with E-state index in [1.807, 2.05) is 6.07 Å². The van der Waals surface area contributed by atoms with Gasteiger partial charge in [0, 0.05) is 50.3 Å². The molecule has 0 spiro atoms. The Morgan fingerprint density at radius 1 is 0.931 bits per heavy atom. The zero-order valence-electron chi connectivity index (χ0n) is 16.5. The van der Waals surface area contributed by atoms with E-state index in [0.29, 0.717) is 18.3 Å². The summed E-state index contributed by atoms with van der Waals surface area (Å²) in [6, 6.07) is 16.6. The molecule has 29 heavy (non-hydrogen) atoms. The molecule has 0 bridgehead atoms. The number of likely N-dealkylation sites (N-methyl/N-ethyl adjacent to an activating group) is 1. The van der Waals surface area contributed by atoms with Crippen LogP contribution in [0.1, 0.15) is 5.56 Å². The molecule has 0 unspecified atom stereocenters. The molecule has 1 saturated heterocycles. The Labute approximate surface area is 170 Å². The smallest absolute Gasteiger partial charge is 0.224 e. The SMILES string of the molecule is CN1CCN(c2ccc(Nc3ccnc(NCc4ccc(F)cc4)n3)cc2)CC1. The minimum atomic E-state index is -0.241. The topological polar surface area (TPSA) is 56.3 Å².